The summed E-state index contributed by atoms with van der Waals surface area (Å²) in [7, 11) is 0. The number of H-pyrrole nitrogens is 1. The molecule has 0 saturated heterocycles. The second kappa shape index (κ2) is 5.65. The van der Waals surface area contributed by atoms with Crippen molar-refractivity contribution in [2.24, 2.45) is 0 Å². The third-order valence-corrected chi connectivity index (χ3v) is 3.03. The van der Waals surface area contributed by atoms with E-state index in [4.69, 9.17) is 12.2 Å². The van der Waals surface area contributed by atoms with E-state index in [-0.39, 0.29) is 11.1 Å². The minimum absolute atomic E-state index is 0.0477. The highest BCUT2D eigenvalue weighted by Crippen LogP contribution is 2.30. The monoisotopic (exact) mass is 316 g/mol. The van der Waals surface area contributed by atoms with Crippen molar-refractivity contribution in [3.05, 3.63) is 51.1 Å². The Morgan fingerprint density at radius 3 is 2.30 bits per heavy atom. The van der Waals surface area contributed by atoms with Gasteiger partial charge in [-0.2, -0.15) is 0 Å². The predicted molar refractivity (Wildman–Crippen MR) is 78.7 cm³/mol. The molecule has 1 heterocycles. The van der Waals surface area contributed by atoms with E-state index in [1.807, 2.05) is 4.98 Å². The smallest absolute Gasteiger partial charge is 0.342 e. The quantitative estimate of drug-likeness (QED) is 0.627. The van der Waals surface area contributed by atoms with Gasteiger partial charge in [-0.25, -0.2) is 14.0 Å². The molecule has 2 aromatic rings. The fraction of sp³-hybridized carbons (Fsp3) is 0. The van der Waals surface area contributed by atoms with E-state index >= 15 is 0 Å². The van der Waals surface area contributed by atoms with Gasteiger partial charge in [0.15, 0.2) is 0 Å². The van der Waals surface area contributed by atoms with E-state index in [0.717, 1.165) is 12.1 Å². The average Bonchev–Trinajstić information content (AvgIpc) is 2.44. The van der Waals surface area contributed by atoms with Gasteiger partial charge in [0.25, 0.3) is 5.56 Å². The summed E-state index contributed by atoms with van der Waals surface area (Å²) in [6.07, 6.45) is 5.18. The first-order chi connectivity index (χ1) is 10.8. The molecule has 0 spiro atoms. The van der Waals surface area contributed by atoms with Crippen LogP contribution in [0.1, 0.15) is 26.3 Å². The van der Waals surface area contributed by atoms with E-state index in [0.29, 0.717) is 0 Å². The van der Waals surface area contributed by atoms with E-state index in [1.165, 1.54) is 6.07 Å². The van der Waals surface area contributed by atoms with Gasteiger partial charge in [-0.05, 0) is 23.8 Å². The molecule has 0 unspecified atom stereocenters. The van der Waals surface area contributed by atoms with Gasteiger partial charge in [-0.1, -0.05) is 5.92 Å². The summed E-state index contributed by atoms with van der Waals surface area (Å²) in [5, 5.41) is 18.5. The summed E-state index contributed by atoms with van der Waals surface area (Å²) in [6.45, 7) is 0. The zero-order valence-electron chi connectivity index (χ0n) is 11.4. The van der Waals surface area contributed by atoms with Gasteiger partial charge in [0.1, 0.15) is 22.8 Å². The molecule has 1 aromatic carbocycles. The van der Waals surface area contributed by atoms with Crippen LogP contribution in [0.2, 0.25) is 0 Å². The normalized spacial score (nSPS) is 10.1. The van der Waals surface area contributed by atoms with E-state index < -0.39 is 45.8 Å². The van der Waals surface area contributed by atoms with Crippen LogP contribution in [0, 0.1) is 18.2 Å². The second-order valence-corrected chi connectivity index (χ2v) is 4.48. The average molecular weight is 316 g/mol. The first kappa shape index (κ1) is 15.8. The highest BCUT2D eigenvalue weighted by atomic mass is 19.1. The lowest BCUT2D eigenvalue weighted by Gasteiger charge is -2.12. The van der Waals surface area contributed by atoms with Crippen LogP contribution >= 0.6 is 0 Å². The number of terminal acetylenes is 1. The summed E-state index contributed by atoms with van der Waals surface area (Å²) < 4.78 is 13.7. The molecule has 0 radical (unpaired) electrons. The van der Waals surface area contributed by atoms with Crippen LogP contribution in [0.4, 0.5) is 10.2 Å². The van der Waals surface area contributed by atoms with Gasteiger partial charge in [-0.3, -0.25) is 4.79 Å². The maximum atomic E-state index is 13.7. The molecule has 0 aliphatic rings. The number of carboxylic acid groups (broad SMARTS) is 2. The maximum absolute atomic E-state index is 13.7. The maximum Gasteiger partial charge on any atom is 0.342 e. The lowest BCUT2D eigenvalue weighted by molar-refractivity contribution is 0.0695. The molecule has 0 fully saturated rings. The number of halogens is 1. The summed E-state index contributed by atoms with van der Waals surface area (Å²) >= 11 is 0. The van der Waals surface area contributed by atoms with Crippen LogP contribution in [0.25, 0.3) is 11.1 Å². The number of nitrogens with two attached hydrogens (primary N) is 1. The van der Waals surface area contributed by atoms with Gasteiger partial charge >= 0.3 is 11.9 Å². The molecule has 0 amide bonds. The molecule has 0 saturated carbocycles. The number of rotatable bonds is 3. The number of aromatic nitrogens is 1. The highest BCUT2D eigenvalue weighted by Gasteiger charge is 2.26. The first-order valence-corrected chi connectivity index (χ1v) is 6.06. The van der Waals surface area contributed by atoms with Crippen molar-refractivity contribution in [1.29, 1.82) is 0 Å². The van der Waals surface area contributed by atoms with Crippen molar-refractivity contribution in [3.8, 4) is 23.5 Å². The Labute approximate surface area is 128 Å². The van der Waals surface area contributed by atoms with Crippen molar-refractivity contribution in [1.82, 2.24) is 4.98 Å². The number of pyridine rings is 1. The Bertz CT molecular complexity index is 940. The summed E-state index contributed by atoms with van der Waals surface area (Å²) in [6, 6.07) is 3.06. The molecule has 1 aromatic heterocycles. The molecule has 2 rings (SSSR count). The molecular formula is C15H9FN2O5. The Hall–Kier alpha value is -3.60. The third-order valence-electron chi connectivity index (χ3n) is 3.03. The molecule has 0 aliphatic heterocycles. The number of carbonyl (C=O) groups is 2. The summed E-state index contributed by atoms with van der Waals surface area (Å²) in [4.78, 5) is 36.6. The number of nitrogens with one attached hydrogen (secondary N) is 1. The minimum atomic E-state index is -1.68. The van der Waals surface area contributed by atoms with Gasteiger partial charge in [0.2, 0.25) is 0 Å². The number of hydrogen-bond donors (Lipinski definition) is 4. The van der Waals surface area contributed by atoms with Crippen LogP contribution in [0.3, 0.4) is 0 Å². The molecule has 5 N–H and O–H groups in total. The fourth-order valence-electron chi connectivity index (χ4n) is 2.15. The summed E-state index contributed by atoms with van der Waals surface area (Å²) in [5.74, 6) is -2.48. The number of benzene rings is 1. The SMILES string of the molecule is C#Cc1cc(F)cc(-c2c(C(=O)O)c(N)[nH]c(=O)c2C(=O)O)c1. The van der Waals surface area contributed by atoms with Crippen LogP contribution in [-0.4, -0.2) is 27.1 Å². The van der Waals surface area contributed by atoms with Crippen molar-refractivity contribution in [3.63, 3.8) is 0 Å². The number of aromatic amines is 1. The lowest BCUT2D eigenvalue weighted by Crippen LogP contribution is -2.24. The van der Waals surface area contributed by atoms with Crippen molar-refractivity contribution < 1.29 is 24.2 Å². The standard InChI is InChI=1S/C15H9FN2O5/c1-2-6-3-7(5-8(16)4-6)9-10(14(20)21)12(17)18-13(19)11(9)15(22)23/h1,3-5H,(H,20,21)(H,22,23)(H3,17,18,19). The Morgan fingerprint density at radius 2 is 1.78 bits per heavy atom. The zero-order chi connectivity index (χ0) is 17.3. The third kappa shape index (κ3) is 2.75. The number of anilines is 1. The highest BCUT2D eigenvalue weighted by molar-refractivity contribution is 6.07. The molecule has 23 heavy (non-hydrogen) atoms. The minimum Gasteiger partial charge on any atom is -0.478 e. The number of aromatic carboxylic acids is 2. The molecule has 0 atom stereocenters. The molecular weight excluding hydrogens is 307 g/mol. The lowest BCUT2D eigenvalue weighted by atomic mass is 9.94. The van der Waals surface area contributed by atoms with Gasteiger partial charge in [0.05, 0.1) is 0 Å². The molecule has 0 bridgehead atoms. The van der Waals surface area contributed by atoms with Gasteiger partial charge in [0, 0.05) is 11.1 Å². The number of nitrogen functional groups attached to an aromatic ring is 1. The number of hydrogen-bond acceptors (Lipinski definition) is 4. The Kier molecular flexibility index (Phi) is 3.88. The fourth-order valence-corrected chi connectivity index (χ4v) is 2.15. The molecule has 116 valence electrons. The first-order valence-electron chi connectivity index (χ1n) is 6.06. The Balaban J connectivity index is 3.03. The zero-order valence-corrected chi connectivity index (χ0v) is 11.4. The van der Waals surface area contributed by atoms with E-state index in [9.17, 15) is 29.0 Å². The largest absolute Gasteiger partial charge is 0.478 e. The van der Waals surface area contributed by atoms with Crippen LogP contribution in [0.5, 0.6) is 0 Å². The van der Waals surface area contributed by atoms with Crippen molar-refractivity contribution in [2.45, 2.75) is 0 Å². The van der Waals surface area contributed by atoms with Crippen LogP contribution in [-0.2, 0) is 0 Å². The van der Waals surface area contributed by atoms with Gasteiger partial charge < -0.3 is 20.9 Å². The van der Waals surface area contributed by atoms with Gasteiger partial charge in [-0.15, -0.1) is 6.42 Å². The molecule has 7 nitrogen and oxygen atoms in total. The molecule has 0 aliphatic carbocycles. The van der Waals surface area contributed by atoms with Crippen molar-refractivity contribution in [2.75, 3.05) is 5.73 Å². The molecule has 8 heteroatoms. The summed E-state index contributed by atoms with van der Waals surface area (Å²) in [5.41, 5.74) is 2.20. The topological polar surface area (TPSA) is 133 Å². The van der Waals surface area contributed by atoms with Crippen LogP contribution in [0.15, 0.2) is 23.0 Å². The van der Waals surface area contributed by atoms with E-state index in [2.05, 4.69) is 5.92 Å². The predicted octanol–water partition coefficient (Wildman–Crippen LogP) is 1.14. The van der Waals surface area contributed by atoms with Crippen molar-refractivity contribution >= 4 is 17.8 Å². The number of carboxylic acids is 2. The van der Waals surface area contributed by atoms with E-state index in [1.54, 1.807) is 0 Å². The second-order valence-electron chi connectivity index (χ2n) is 4.48. The Morgan fingerprint density at radius 1 is 1.17 bits per heavy atom. The van der Waals surface area contributed by atoms with Crippen LogP contribution < -0.4 is 11.3 Å².